The van der Waals surface area contributed by atoms with Crippen molar-refractivity contribution in [3.8, 4) is 0 Å². The number of hydrogen-bond donors (Lipinski definition) is 2. The lowest BCUT2D eigenvalue weighted by Crippen LogP contribution is -2.14. The van der Waals surface area contributed by atoms with E-state index in [2.05, 4.69) is 21.2 Å². The Morgan fingerprint density at radius 3 is 2.67 bits per heavy atom. The fourth-order valence-electron chi connectivity index (χ4n) is 1.66. The van der Waals surface area contributed by atoms with Gasteiger partial charge in [-0.2, -0.15) is 0 Å². The zero-order valence-corrected chi connectivity index (χ0v) is 11.5. The number of benzene rings is 2. The Morgan fingerprint density at radius 2 is 2.00 bits per heavy atom. The highest BCUT2D eigenvalue weighted by Crippen LogP contribution is 2.20. The number of anilines is 2. The van der Waals surface area contributed by atoms with Crippen molar-refractivity contribution < 1.29 is 4.79 Å². The summed E-state index contributed by atoms with van der Waals surface area (Å²) in [4.78, 5) is 12.1. The van der Waals surface area contributed by atoms with Gasteiger partial charge in [0.15, 0.2) is 0 Å². The number of aryl methyl sites for hydroxylation is 1. The lowest BCUT2D eigenvalue weighted by molar-refractivity contribution is 0.102. The van der Waals surface area contributed by atoms with Crippen LogP contribution in [-0.4, -0.2) is 5.91 Å². The predicted octanol–water partition coefficient (Wildman–Crippen LogP) is 3.59. The quantitative estimate of drug-likeness (QED) is 0.833. The van der Waals surface area contributed by atoms with Crippen LogP contribution < -0.4 is 11.1 Å². The third kappa shape index (κ3) is 2.90. The molecule has 0 aliphatic rings. The Hall–Kier alpha value is -1.81. The van der Waals surface area contributed by atoms with Crippen LogP contribution in [0.4, 0.5) is 11.4 Å². The van der Waals surface area contributed by atoms with E-state index in [1.807, 2.05) is 31.2 Å². The second kappa shape index (κ2) is 5.23. The average molecular weight is 305 g/mol. The Balaban J connectivity index is 2.22. The zero-order valence-electron chi connectivity index (χ0n) is 9.91. The van der Waals surface area contributed by atoms with Gasteiger partial charge in [0, 0.05) is 15.8 Å². The van der Waals surface area contributed by atoms with Gasteiger partial charge in [0.1, 0.15) is 0 Å². The Labute approximate surface area is 114 Å². The maximum atomic E-state index is 12.1. The molecule has 0 aliphatic carbocycles. The molecule has 3 N–H and O–H groups in total. The lowest BCUT2D eigenvalue weighted by atomic mass is 10.1. The first-order valence-electron chi connectivity index (χ1n) is 5.49. The number of rotatable bonds is 2. The molecule has 18 heavy (non-hydrogen) atoms. The molecule has 0 atom stereocenters. The second-order valence-electron chi connectivity index (χ2n) is 4.06. The van der Waals surface area contributed by atoms with E-state index in [1.165, 1.54) is 0 Å². The van der Waals surface area contributed by atoms with Crippen molar-refractivity contribution in [3.05, 3.63) is 58.1 Å². The number of carbonyl (C=O) groups is 1. The van der Waals surface area contributed by atoms with E-state index in [-0.39, 0.29) is 5.91 Å². The van der Waals surface area contributed by atoms with Crippen LogP contribution in [0.15, 0.2) is 46.9 Å². The van der Waals surface area contributed by atoms with Crippen LogP contribution in [0.5, 0.6) is 0 Å². The summed E-state index contributed by atoms with van der Waals surface area (Å²) in [5.74, 6) is -0.203. The van der Waals surface area contributed by atoms with E-state index in [4.69, 9.17) is 5.73 Å². The first-order valence-corrected chi connectivity index (χ1v) is 6.28. The van der Waals surface area contributed by atoms with Gasteiger partial charge in [-0.1, -0.05) is 28.1 Å². The van der Waals surface area contributed by atoms with Crippen molar-refractivity contribution in [2.24, 2.45) is 0 Å². The van der Waals surface area contributed by atoms with Gasteiger partial charge < -0.3 is 11.1 Å². The predicted molar refractivity (Wildman–Crippen MR) is 77.7 cm³/mol. The SMILES string of the molecule is Cc1cccc(NC(=O)c2ccc(Br)cc2N)c1. The number of halogens is 1. The van der Waals surface area contributed by atoms with Crippen LogP contribution in [-0.2, 0) is 0 Å². The molecule has 0 saturated heterocycles. The van der Waals surface area contributed by atoms with Crippen molar-refractivity contribution in [3.63, 3.8) is 0 Å². The van der Waals surface area contributed by atoms with Crippen molar-refractivity contribution in [1.29, 1.82) is 0 Å². The van der Waals surface area contributed by atoms with Gasteiger partial charge in [-0.25, -0.2) is 0 Å². The fraction of sp³-hybridized carbons (Fsp3) is 0.0714. The number of hydrogen-bond acceptors (Lipinski definition) is 2. The van der Waals surface area contributed by atoms with Gasteiger partial charge in [-0.3, -0.25) is 4.79 Å². The average Bonchev–Trinajstić information content (AvgIpc) is 2.28. The summed E-state index contributed by atoms with van der Waals surface area (Å²) in [5.41, 5.74) is 8.60. The van der Waals surface area contributed by atoms with Crippen LogP contribution in [0.3, 0.4) is 0 Å². The maximum absolute atomic E-state index is 12.1. The topological polar surface area (TPSA) is 55.1 Å². The summed E-state index contributed by atoms with van der Waals surface area (Å²) in [6, 6.07) is 12.8. The second-order valence-corrected chi connectivity index (χ2v) is 4.97. The van der Waals surface area contributed by atoms with Gasteiger partial charge >= 0.3 is 0 Å². The number of amides is 1. The molecule has 0 bridgehead atoms. The van der Waals surface area contributed by atoms with Crippen LogP contribution in [0.25, 0.3) is 0 Å². The molecule has 0 radical (unpaired) electrons. The minimum absolute atomic E-state index is 0.203. The number of nitrogens with two attached hydrogens (primary N) is 1. The summed E-state index contributed by atoms with van der Waals surface area (Å²) < 4.78 is 0.854. The highest BCUT2D eigenvalue weighted by Gasteiger charge is 2.10. The minimum atomic E-state index is -0.203. The molecule has 0 unspecified atom stereocenters. The summed E-state index contributed by atoms with van der Waals surface area (Å²) in [7, 11) is 0. The summed E-state index contributed by atoms with van der Waals surface area (Å²) in [6.45, 7) is 1.98. The van der Waals surface area contributed by atoms with E-state index in [0.717, 1.165) is 15.7 Å². The molecule has 0 saturated carbocycles. The Morgan fingerprint density at radius 1 is 1.22 bits per heavy atom. The number of nitrogens with one attached hydrogen (secondary N) is 1. The number of carbonyl (C=O) groups excluding carboxylic acids is 1. The fourth-order valence-corrected chi connectivity index (χ4v) is 2.04. The van der Waals surface area contributed by atoms with Gasteiger partial charge in [0.05, 0.1) is 5.56 Å². The largest absolute Gasteiger partial charge is 0.398 e. The summed E-state index contributed by atoms with van der Waals surface area (Å²) >= 11 is 3.31. The third-order valence-corrected chi connectivity index (χ3v) is 3.03. The molecule has 1 amide bonds. The first kappa shape index (κ1) is 12.6. The first-order chi connectivity index (χ1) is 8.56. The van der Waals surface area contributed by atoms with Gasteiger partial charge in [0.25, 0.3) is 5.91 Å². The van der Waals surface area contributed by atoms with E-state index >= 15 is 0 Å². The standard InChI is InChI=1S/C14H13BrN2O/c1-9-3-2-4-11(7-9)17-14(18)12-6-5-10(15)8-13(12)16/h2-8H,16H2,1H3,(H,17,18). The molecule has 0 spiro atoms. The maximum Gasteiger partial charge on any atom is 0.257 e. The highest BCUT2D eigenvalue weighted by atomic mass is 79.9. The molecule has 2 aromatic carbocycles. The Kier molecular flexibility index (Phi) is 3.67. The normalized spacial score (nSPS) is 10.1. The summed E-state index contributed by atoms with van der Waals surface area (Å²) in [6.07, 6.45) is 0. The van der Waals surface area contributed by atoms with Gasteiger partial charge in [-0.15, -0.1) is 0 Å². The van der Waals surface area contributed by atoms with Crippen molar-refractivity contribution in [1.82, 2.24) is 0 Å². The minimum Gasteiger partial charge on any atom is -0.398 e. The smallest absolute Gasteiger partial charge is 0.257 e. The highest BCUT2D eigenvalue weighted by molar-refractivity contribution is 9.10. The molecule has 2 aromatic rings. The van der Waals surface area contributed by atoms with Crippen molar-refractivity contribution in [2.45, 2.75) is 6.92 Å². The molecule has 0 heterocycles. The summed E-state index contributed by atoms with van der Waals surface area (Å²) in [5, 5.41) is 2.83. The molecule has 3 nitrogen and oxygen atoms in total. The van der Waals surface area contributed by atoms with Gasteiger partial charge in [-0.05, 0) is 42.8 Å². The molecule has 2 rings (SSSR count). The molecule has 0 aliphatic heterocycles. The third-order valence-electron chi connectivity index (χ3n) is 2.53. The Bertz CT molecular complexity index is 596. The molecule has 0 fully saturated rings. The van der Waals surface area contributed by atoms with Crippen molar-refractivity contribution in [2.75, 3.05) is 11.1 Å². The van der Waals surface area contributed by atoms with Crippen LogP contribution in [0.2, 0.25) is 0 Å². The van der Waals surface area contributed by atoms with E-state index in [1.54, 1.807) is 18.2 Å². The van der Waals surface area contributed by atoms with E-state index in [0.29, 0.717) is 11.3 Å². The number of nitrogen functional groups attached to an aromatic ring is 1. The van der Waals surface area contributed by atoms with E-state index < -0.39 is 0 Å². The van der Waals surface area contributed by atoms with Gasteiger partial charge in [0.2, 0.25) is 0 Å². The van der Waals surface area contributed by atoms with Crippen LogP contribution in [0.1, 0.15) is 15.9 Å². The van der Waals surface area contributed by atoms with Crippen molar-refractivity contribution >= 4 is 33.2 Å². The molecule has 4 heteroatoms. The molecule has 0 aromatic heterocycles. The molecular formula is C14H13BrN2O. The monoisotopic (exact) mass is 304 g/mol. The lowest BCUT2D eigenvalue weighted by Gasteiger charge is -2.08. The zero-order chi connectivity index (χ0) is 13.1. The molecule has 92 valence electrons. The van der Waals surface area contributed by atoms with Crippen LogP contribution >= 0.6 is 15.9 Å². The van der Waals surface area contributed by atoms with Crippen LogP contribution in [0, 0.1) is 6.92 Å². The molecular weight excluding hydrogens is 292 g/mol. The van der Waals surface area contributed by atoms with E-state index in [9.17, 15) is 4.79 Å².